The fourth-order valence-corrected chi connectivity index (χ4v) is 2.97. The zero-order chi connectivity index (χ0) is 18.5. The maximum atomic E-state index is 11.4. The van der Waals surface area contributed by atoms with Crippen molar-refractivity contribution in [3.63, 3.8) is 0 Å². The molecular formula is C20H19N3O2S. The molecule has 3 rings (SSSR count). The third-order valence-corrected chi connectivity index (χ3v) is 4.30. The molecule has 2 aromatic carbocycles. The van der Waals surface area contributed by atoms with Gasteiger partial charge in [-0.25, -0.2) is 14.5 Å². The molecule has 0 aliphatic heterocycles. The SMILES string of the molecule is CCCn1nc(C=S)nc1Cc1ccc(-c2ccccc2C(=O)O)cc1. The van der Waals surface area contributed by atoms with E-state index in [1.165, 1.54) is 5.37 Å². The highest BCUT2D eigenvalue weighted by atomic mass is 32.1. The highest BCUT2D eigenvalue weighted by molar-refractivity contribution is 7.79. The first kappa shape index (κ1) is 17.9. The first-order valence-electron chi connectivity index (χ1n) is 8.43. The van der Waals surface area contributed by atoms with Gasteiger partial charge in [0, 0.05) is 18.3 Å². The Balaban J connectivity index is 1.86. The highest BCUT2D eigenvalue weighted by Gasteiger charge is 2.12. The Morgan fingerprint density at radius 2 is 1.92 bits per heavy atom. The van der Waals surface area contributed by atoms with E-state index in [-0.39, 0.29) is 0 Å². The summed E-state index contributed by atoms with van der Waals surface area (Å²) in [5.74, 6) is 0.516. The summed E-state index contributed by atoms with van der Waals surface area (Å²) in [6.45, 7) is 2.90. The Hall–Kier alpha value is -2.86. The Bertz CT molecular complexity index is 932. The molecule has 0 amide bonds. The van der Waals surface area contributed by atoms with Crippen molar-refractivity contribution in [1.82, 2.24) is 14.8 Å². The van der Waals surface area contributed by atoms with Gasteiger partial charge in [-0.1, -0.05) is 61.6 Å². The Morgan fingerprint density at radius 3 is 2.58 bits per heavy atom. The van der Waals surface area contributed by atoms with Gasteiger partial charge in [-0.05, 0) is 29.2 Å². The summed E-state index contributed by atoms with van der Waals surface area (Å²) in [5, 5.41) is 15.2. The lowest BCUT2D eigenvalue weighted by molar-refractivity contribution is 0.0697. The van der Waals surface area contributed by atoms with E-state index in [0.29, 0.717) is 23.4 Å². The van der Waals surface area contributed by atoms with Crippen LogP contribution in [0.2, 0.25) is 0 Å². The zero-order valence-electron chi connectivity index (χ0n) is 14.4. The molecule has 0 unspecified atom stereocenters. The van der Waals surface area contributed by atoms with Crippen LogP contribution >= 0.6 is 12.2 Å². The molecule has 5 nitrogen and oxygen atoms in total. The lowest BCUT2D eigenvalue weighted by Gasteiger charge is -2.08. The lowest BCUT2D eigenvalue weighted by atomic mass is 9.98. The van der Waals surface area contributed by atoms with Crippen LogP contribution in [0.3, 0.4) is 0 Å². The minimum Gasteiger partial charge on any atom is -0.478 e. The molecule has 0 fully saturated rings. The maximum Gasteiger partial charge on any atom is 0.336 e. The van der Waals surface area contributed by atoms with Crippen molar-refractivity contribution in [3.05, 3.63) is 71.3 Å². The predicted molar refractivity (Wildman–Crippen MR) is 105 cm³/mol. The number of aromatic nitrogens is 3. The van der Waals surface area contributed by atoms with Gasteiger partial charge >= 0.3 is 5.97 Å². The number of carboxylic acids is 1. The van der Waals surface area contributed by atoms with Crippen molar-refractivity contribution in [1.29, 1.82) is 0 Å². The molecule has 0 saturated heterocycles. The summed E-state index contributed by atoms with van der Waals surface area (Å²) in [6.07, 6.45) is 1.62. The molecule has 1 aromatic heterocycles. The normalized spacial score (nSPS) is 10.7. The fraction of sp³-hybridized carbons (Fsp3) is 0.200. The first-order valence-corrected chi connectivity index (χ1v) is 8.90. The number of hydrogen-bond acceptors (Lipinski definition) is 4. The zero-order valence-corrected chi connectivity index (χ0v) is 15.2. The molecule has 1 N–H and O–H groups in total. The standard InChI is InChI=1S/C20H19N3O2S/c1-2-11-23-19(21-18(13-26)22-23)12-14-7-9-15(10-8-14)16-5-3-4-6-17(16)20(24)25/h3-10,13H,2,11-12H2,1H3,(H,24,25). The number of nitrogens with zero attached hydrogens (tertiary/aromatic N) is 3. The highest BCUT2D eigenvalue weighted by Crippen LogP contribution is 2.24. The molecule has 0 saturated carbocycles. The number of carboxylic acid groups (broad SMARTS) is 1. The minimum atomic E-state index is -0.926. The molecule has 6 heteroatoms. The van der Waals surface area contributed by atoms with Crippen LogP contribution in [0, 0.1) is 0 Å². The van der Waals surface area contributed by atoms with Crippen molar-refractivity contribution in [2.45, 2.75) is 26.3 Å². The Kier molecular flexibility index (Phi) is 5.53. The van der Waals surface area contributed by atoms with Crippen LogP contribution < -0.4 is 0 Å². The fourth-order valence-electron chi connectivity index (χ4n) is 2.87. The summed E-state index contributed by atoms with van der Waals surface area (Å²) in [5.41, 5.74) is 2.97. The van der Waals surface area contributed by atoms with Gasteiger partial charge in [0.25, 0.3) is 0 Å². The van der Waals surface area contributed by atoms with E-state index in [1.807, 2.05) is 41.1 Å². The second-order valence-electron chi connectivity index (χ2n) is 5.95. The molecule has 0 aliphatic carbocycles. The smallest absolute Gasteiger partial charge is 0.336 e. The van der Waals surface area contributed by atoms with Crippen LogP contribution in [-0.2, 0) is 13.0 Å². The third kappa shape index (κ3) is 3.86. The molecule has 0 bridgehead atoms. The summed E-state index contributed by atoms with van der Waals surface area (Å²) in [6, 6.07) is 14.9. The lowest BCUT2D eigenvalue weighted by Crippen LogP contribution is -2.06. The van der Waals surface area contributed by atoms with Gasteiger partial charge < -0.3 is 5.11 Å². The number of aromatic carboxylic acids is 1. The van der Waals surface area contributed by atoms with E-state index in [9.17, 15) is 9.90 Å². The van der Waals surface area contributed by atoms with Crippen molar-refractivity contribution >= 4 is 23.6 Å². The van der Waals surface area contributed by atoms with Gasteiger partial charge in [0.2, 0.25) is 0 Å². The quantitative estimate of drug-likeness (QED) is 0.641. The largest absolute Gasteiger partial charge is 0.478 e. The number of aryl methyl sites for hydroxylation is 1. The molecule has 1 heterocycles. The van der Waals surface area contributed by atoms with Crippen molar-refractivity contribution in [3.8, 4) is 11.1 Å². The third-order valence-electron chi connectivity index (χ3n) is 4.09. The number of thiocarbonyl (C=S) groups is 1. The van der Waals surface area contributed by atoms with Crippen molar-refractivity contribution < 1.29 is 9.90 Å². The summed E-state index contributed by atoms with van der Waals surface area (Å²) >= 11 is 4.93. The van der Waals surface area contributed by atoms with Crippen LogP contribution in [0.15, 0.2) is 48.5 Å². The van der Waals surface area contributed by atoms with Gasteiger partial charge in [0.1, 0.15) is 5.82 Å². The van der Waals surface area contributed by atoms with Crippen LogP contribution in [0.1, 0.15) is 40.9 Å². The molecule has 132 valence electrons. The van der Waals surface area contributed by atoms with Gasteiger partial charge in [-0.3, -0.25) is 0 Å². The van der Waals surface area contributed by atoms with Gasteiger partial charge in [0.05, 0.1) is 5.56 Å². The second-order valence-corrected chi connectivity index (χ2v) is 6.19. The first-order chi connectivity index (χ1) is 12.6. The van der Waals surface area contributed by atoms with Crippen LogP contribution in [-0.4, -0.2) is 31.2 Å². The topological polar surface area (TPSA) is 68.0 Å². The molecule has 0 aliphatic rings. The average Bonchev–Trinajstić information content (AvgIpc) is 3.04. The Morgan fingerprint density at radius 1 is 1.19 bits per heavy atom. The molecule has 3 aromatic rings. The van der Waals surface area contributed by atoms with Gasteiger partial charge in [0.15, 0.2) is 5.82 Å². The van der Waals surface area contributed by atoms with Crippen LogP contribution in [0.4, 0.5) is 0 Å². The summed E-state index contributed by atoms with van der Waals surface area (Å²) in [7, 11) is 0. The van der Waals surface area contributed by atoms with Crippen LogP contribution in [0.5, 0.6) is 0 Å². The average molecular weight is 365 g/mol. The second kappa shape index (κ2) is 8.01. The molecule has 0 spiro atoms. The molecule has 26 heavy (non-hydrogen) atoms. The van der Waals surface area contributed by atoms with Crippen molar-refractivity contribution in [2.75, 3.05) is 0 Å². The number of carbonyl (C=O) groups is 1. The van der Waals surface area contributed by atoms with Crippen molar-refractivity contribution in [2.24, 2.45) is 0 Å². The molecular weight excluding hydrogens is 346 g/mol. The van der Waals surface area contributed by atoms with E-state index < -0.39 is 5.97 Å². The monoisotopic (exact) mass is 365 g/mol. The van der Waals surface area contributed by atoms with E-state index in [0.717, 1.165) is 29.9 Å². The number of hydrogen-bond donors (Lipinski definition) is 1. The molecule has 0 atom stereocenters. The molecule has 0 radical (unpaired) electrons. The van der Waals surface area contributed by atoms with E-state index >= 15 is 0 Å². The van der Waals surface area contributed by atoms with Gasteiger partial charge in [-0.2, -0.15) is 5.10 Å². The van der Waals surface area contributed by atoms with E-state index in [2.05, 4.69) is 17.0 Å². The number of benzene rings is 2. The minimum absolute atomic E-state index is 0.300. The summed E-state index contributed by atoms with van der Waals surface area (Å²) < 4.78 is 1.89. The van der Waals surface area contributed by atoms with Gasteiger partial charge in [-0.15, -0.1) is 0 Å². The maximum absolute atomic E-state index is 11.4. The van der Waals surface area contributed by atoms with E-state index in [4.69, 9.17) is 12.2 Å². The number of rotatable bonds is 7. The van der Waals surface area contributed by atoms with Crippen LogP contribution in [0.25, 0.3) is 11.1 Å². The summed E-state index contributed by atoms with van der Waals surface area (Å²) in [4.78, 5) is 15.9. The Labute approximate surface area is 157 Å². The predicted octanol–water partition coefficient (Wildman–Crippen LogP) is 3.99. The van der Waals surface area contributed by atoms with E-state index in [1.54, 1.807) is 12.1 Å².